The van der Waals surface area contributed by atoms with E-state index in [1.54, 1.807) is 12.1 Å². The average Bonchev–Trinajstić information content (AvgIpc) is 2.55. The van der Waals surface area contributed by atoms with Crippen LogP contribution in [0.1, 0.15) is 15.9 Å². The molecule has 0 radical (unpaired) electrons. The van der Waals surface area contributed by atoms with Crippen molar-refractivity contribution in [1.29, 1.82) is 0 Å². The van der Waals surface area contributed by atoms with Crippen molar-refractivity contribution in [2.24, 2.45) is 0 Å². The zero-order chi connectivity index (χ0) is 16.7. The van der Waals surface area contributed by atoms with E-state index < -0.39 is 10.8 Å². The topological polar surface area (TPSA) is 93.9 Å². The van der Waals surface area contributed by atoms with Crippen LogP contribution in [-0.2, 0) is 16.0 Å². The zero-order valence-electron chi connectivity index (χ0n) is 13.1. The second-order valence-electron chi connectivity index (χ2n) is 5.25. The highest BCUT2D eigenvalue weighted by Gasteiger charge is 2.21. The van der Waals surface area contributed by atoms with E-state index in [4.69, 9.17) is 9.47 Å². The van der Waals surface area contributed by atoms with Crippen LogP contribution in [0.3, 0.4) is 0 Å². The fraction of sp³-hybridized carbons (Fsp3) is 0.533. The van der Waals surface area contributed by atoms with Crippen LogP contribution < -0.4 is 5.32 Å². The minimum absolute atomic E-state index is 0.0804. The van der Waals surface area contributed by atoms with Gasteiger partial charge in [-0.25, -0.2) is 0 Å². The molecule has 1 aromatic rings. The highest BCUT2D eigenvalue weighted by Crippen LogP contribution is 2.21. The lowest BCUT2D eigenvalue weighted by Gasteiger charge is -2.26. The zero-order valence-corrected chi connectivity index (χ0v) is 13.1. The molecule has 1 saturated heterocycles. The summed E-state index contributed by atoms with van der Waals surface area (Å²) in [5.41, 5.74) is 0.761. The molecule has 0 saturated carbocycles. The number of carbonyl (C=O) groups excluding carboxylic acids is 1. The third kappa shape index (κ3) is 4.98. The van der Waals surface area contributed by atoms with Gasteiger partial charge in [0.1, 0.15) is 5.56 Å². The van der Waals surface area contributed by atoms with E-state index in [1.807, 2.05) is 0 Å². The number of hydrogen-bond acceptors (Lipinski definition) is 6. The SMILES string of the molecule is COCCNC(=O)c1cc(CN2CCOCC2)ccc1[N+](=O)[O-]. The number of amides is 1. The van der Waals surface area contributed by atoms with Gasteiger partial charge >= 0.3 is 0 Å². The number of nitrogens with zero attached hydrogens (tertiary/aromatic N) is 2. The highest BCUT2D eigenvalue weighted by molar-refractivity contribution is 5.98. The number of carbonyl (C=O) groups is 1. The average molecular weight is 323 g/mol. The smallest absolute Gasteiger partial charge is 0.282 e. The molecule has 1 aliphatic rings. The molecule has 0 spiro atoms. The van der Waals surface area contributed by atoms with Gasteiger partial charge in [-0.1, -0.05) is 6.07 Å². The minimum atomic E-state index is -0.538. The van der Waals surface area contributed by atoms with Gasteiger partial charge in [-0.2, -0.15) is 0 Å². The molecule has 8 nitrogen and oxygen atoms in total. The van der Waals surface area contributed by atoms with E-state index in [2.05, 4.69) is 10.2 Å². The summed E-state index contributed by atoms with van der Waals surface area (Å²) in [5, 5.41) is 13.8. The van der Waals surface area contributed by atoms with Crippen LogP contribution in [0, 0.1) is 10.1 Å². The van der Waals surface area contributed by atoms with Crippen molar-refractivity contribution in [3.05, 3.63) is 39.4 Å². The number of morpholine rings is 1. The molecule has 1 heterocycles. The molecule has 0 atom stereocenters. The molecular formula is C15H21N3O5. The van der Waals surface area contributed by atoms with Gasteiger partial charge in [0.2, 0.25) is 0 Å². The summed E-state index contributed by atoms with van der Waals surface area (Å²) in [6.45, 7) is 4.28. The van der Waals surface area contributed by atoms with Gasteiger partial charge in [-0.15, -0.1) is 0 Å². The number of benzene rings is 1. The van der Waals surface area contributed by atoms with Crippen LogP contribution in [0.25, 0.3) is 0 Å². The van der Waals surface area contributed by atoms with Crippen LogP contribution in [0.4, 0.5) is 5.69 Å². The Balaban J connectivity index is 2.13. The maximum Gasteiger partial charge on any atom is 0.282 e. The molecule has 1 aromatic carbocycles. The van der Waals surface area contributed by atoms with E-state index >= 15 is 0 Å². The number of nitrogens with one attached hydrogen (secondary N) is 1. The normalized spacial score (nSPS) is 15.3. The number of rotatable bonds is 7. The molecule has 1 fully saturated rings. The van der Waals surface area contributed by atoms with Crippen molar-refractivity contribution in [2.45, 2.75) is 6.54 Å². The lowest BCUT2D eigenvalue weighted by molar-refractivity contribution is -0.385. The Hall–Kier alpha value is -2.03. The highest BCUT2D eigenvalue weighted by atomic mass is 16.6. The van der Waals surface area contributed by atoms with E-state index in [0.717, 1.165) is 18.7 Å². The molecule has 1 N–H and O–H groups in total. The molecule has 1 amide bonds. The van der Waals surface area contributed by atoms with Crippen molar-refractivity contribution >= 4 is 11.6 Å². The van der Waals surface area contributed by atoms with Gasteiger partial charge in [0.25, 0.3) is 11.6 Å². The van der Waals surface area contributed by atoms with Gasteiger partial charge in [-0.05, 0) is 11.6 Å². The van der Waals surface area contributed by atoms with Crippen molar-refractivity contribution in [3.8, 4) is 0 Å². The molecule has 126 valence electrons. The van der Waals surface area contributed by atoms with Crippen LogP contribution in [-0.4, -0.2) is 62.3 Å². The van der Waals surface area contributed by atoms with E-state index in [0.29, 0.717) is 32.9 Å². The fourth-order valence-corrected chi connectivity index (χ4v) is 2.40. The first-order valence-electron chi connectivity index (χ1n) is 7.46. The fourth-order valence-electron chi connectivity index (χ4n) is 2.40. The second kappa shape index (κ2) is 8.56. The molecule has 0 bridgehead atoms. The number of nitro benzene ring substituents is 1. The summed E-state index contributed by atoms with van der Waals surface area (Å²) in [6, 6.07) is 4.68. The minimum Gasteiger partial charge on any atom is -0.383 e. The molecular weight excluding hydrogens is 302 g/mol. The monoisotopic (exact) mass is 323 g/mol. The second-order valence-corrected chi connectivity index (χ2v) is 5.25. The van der Waals surface area contributed by atoms with E-state index in [-0.39, 0.29) is 11.3 Å². The van der Waals surface area contributed by atoms with E-state index in [1.165, 1.54) is 13.2 Å². The Morgan fingerprint density at radius 2 is 2.17 bits per heavy atom. The molecule has 0 unspecified atom stereocenters. The molecule has 0 aliphatic carbocycles. The Morgan fingerprint density at radius 3 is 2.83 bits per heavy atom. The van der Waals surface area contributed by atoms with E-state index in [9.17, 15) is 14.9 Å². The van der Waals surface area contributed by atoms with Crippen molar-refractivity contribution in [3.63, 3.8) is 0 Å². The van der Waals surface area contributed by atoms with Gasteiger partial charge in [0.05, 0.1) is 24.7 Å². The first-order chi connectivity index (χ1) is 11.1. The third-order valence-corrected chi connectivity index (χ3v) is 3.60. The predicted molar refractivity (Wildman–Crippen MR) is 83.4 cm³/mol. The summed E-state index contributed by atoms with van der Waals surface area (Å²) >= 11 is 0. The summed E-state index contributed by atoms with van der Waals surface area (Å²) in [5.74, 6) is -0.461. The van der Waals surface area contributed by atoms with Crippen molar-refractivity contribution in [2.75, 3.05) is 46.6 Å². The van der Waals surface area contributed by atoms with Crippen LogP contribution in [0.5, 0.6) is 0 Å². The lowest BCUT2D eigenvalue weighted by atomic mass is 10.1. The van der Waals surface area contributed by atoms with Gasteiger partial charge < -0.3 is 14.8 Å². The lowest BCUT2D eigenvalue weighted by Crippen LogP contribution is -2.35. The summed E-state index contributed by atoms with van der Waals surface area (Å²) in [4.78, 5) is 25.0. The summed E-state index contributed by atoms with van der Waals surface area (Å²) in [7, 11) is 1.53. The Kier molecular flexibility index (Phi) is 6.45. The third-order valence-electron chi connectivity index (χ3n) is 3.60. The summed E-state index contributed by atoms with van der Waals surface area (Å²) < 4.78 is 10.2. The first-order valence-corrected chi connectivity index (χ1v) is 7.46. The van der Waals surface area contributed by atoms with Crippen LogP contribution in [0.2, 0.25) is 0 Å². The Morgan fingerprint density at radius 1 is 1.43 bits per heavy atom. The van der Waals surface area contributed by atoms with Crippen LogP contribution in [0.15, 0.2) is 18.2 Å². The predicted octanol–water partition coefficient (Wildman–Crippen LogP) is 0.803. The number of hydrogen-bond donors (Lipinski definition) is 1. The molecule has 1 aliphatic heterocycles. The molecule has 2 rings (SSSR count). The van der Waals surface area contributed by atoms with Gasteiger partial charge in [0, 0.05) is 39.4 Å². The molecule has 8 heteroatoms. The van der Waals surface area contributed by atoms with Gasteiger partial charge in [-0.3, -0.25) is 19.8 Å². The summed E-state index contributed by atoms with van der Waals surface area (Å²) in [6.07, 6.45) is 0. The Bertz CT molecular complexity index is 558. The number of nitro groups is 1. The van der Waals surface area contributed by atoms with Crippen LogP contribution >= 0.6 is 0 Å². The Labute approximate surface area is 134 Å². The maximum absolute atomic E-state index is 12.2. The standard InChI is InChI=1S/C15H21N3O5/c1-22-7-4-16-15(19)13-10-12(2-3-14(13)18(20)21)11-17-5-8-23-9-6-17/h2-3,10H,4-9,11H2,1H3,(H,16,19). The molecule has 0 aromatic heterocycles. The maximum atomic E-state index is 12.2. The first kappa shape index (κ1) is 17.3. The largest absolute Gasteiger partial charge is 0.383 e. The van der Waals surface area contributed by atoms with Gasteiger partial charge in [0.15, 0.2) is 0 Å². The van der Waals surface area contributed by atoms with Crippen molar-refractivity contribution < 1.29 is 19.2 Å². The number of methoxy groups -OCH3 is 1. The molecule has 23 heavy (non-hydrogen) atoms. The van der Waals surface area contributed by atoms with Crippen molar-refractivity contribution in [1.82, 2.24) is 10.2 Å². The quantitative estimate of drug-likeness (QED) is 0.453. The number of ether oxygens (including phenoxy) is 2.